The highest BCUT2D eigenvalue weighted by atomic mass is 127. The van der Waals surface area contributed by atoms with E-state index in [9.17, 15) is 0 Å². The second-order valence-corrected chi connectivity index (χ2v) is 5.73. The van der Waals surface area contributed by atoms with E-state index >= 15 is 0 Å². The molecule has 2 unspecified atom stereocenters. The Morgan fingerprint density at radius 1 is 1.36 bits per heavy atom. The molecular formula is C17H24IN3O. The molecular weight excluding hydrogens is 389 g/mol. The van der Waals surface area contributed by atoms with Crippen LogP contribution >= 0.6 is 24.0 Å². The van der Waals surface area contributed by atoms with Gasteiger partial charge in [0.15, 0.2) is 5.96 Å². The van der Waals surface area contributed by atoms with Crippen LogP contribution in [0.2, 0.25) is 0 Å². The Morgan fingerprint density at radius 2 is 2.14 bits per heavy atom. The molecule has 120 valence electrons. The molecule has 2 N–H and O–H groups in total. The molecule has 1 heterocycles. The van der Waals surface area contributed by atoms with Crippen molar-refractivity contribution in [2.45, 2.75) is 32.7 Å². The first-order valence-electron chi connectivity index (χ1n) is 7.78. The van der Waals surface area contributed by atoms with Gasteiger partial charge in [0.1, 0.15) is 11.3 Å². The summed E-state index contributed by atoms with van der Waals surface area (Å²) in [5.74, 6) is 2.68. The molecule has 4 nitrogen and oxygen atoms in total. The summed E-state index contributed by atoms with van der Waals surface area (Å²) in [6, 6.07) is 10.8. The third-order valence-electron chi connectivity index (χ3n) is 3.88. The lowest BCUT2D eigenvalue weighted by atomic mass is 10.2. The van der Waals surface area contributed by atoms with Crippen molar-refractivity contribution >= 4 is 40.9 Å². The van der Waals surface area contributed by atoms with Crippen molar-refractivity contribution in [2.75, 3.05) is 13.1 Å². The van der Waals surface area contributed by atoms with Crippen molar-refractivity contribution < 1.29 is 4.42 Å². The van der Waals surface area contributed by atoms with Crippen LogP contribution in [0.15, 0.2) is 39.7 Å². The van der Waals surface area contributed by atoms with Crippen LogP contribution in [-0.2, 0) is 6.42 Å². The van der Waals surface area contributed by atoms with E-state index in [0.29, 0.717) is 6.04 Å². The number of nitrogens with zero attached hydrogens (tertiary/aromatic N) is 1. The summed E-state index contributed by atoms with van der Waals surface area (Å²) < 4.78 is 5.81. The molecule has 3 rings (SSSR count). The standard InChI is InChI=1S/C17H23N3O.HI/c1-3-18-17(20-15-10-12(15)2)19-9-8-14-11-13-6-4-5-7-16(13)21-14;/h4-7,11-12,15H,3,8-10H2,1-2H3,(H2,18,19,20);1H. The van der Waals surface area contributed by atoms with Crippen molar-refractivity contribution in [1.82, 2.24) is 10.6 Å². The topological polar surface area (TPSA) is 49.6 Å². The lowest BCUT2D eigenvalue weighted by Gasteiger charge is -2.10. The predicted molar refractivity (Wildman–Crippen MR) is 102 cm³/mol. The highest BCUT2D eigenvalue weighted by Crippen LogP contribution is 2.28. The van der Waals surface area contributed by atoms with Crippen molar-refractivity contribution in [3.63, 3.8) is 0 Å². The van der Waals surface area contributed by atoms with Crippen LogP contribution in [0.4, 0.5) is 0 Å². The molecule has 0 spiro atoms. The first-order valence-corrected chi connectivity index (χ1v) is 7.78. The van der Waals surface area contributed by atoms with Crippen molar-refractivity contribution in [2.24, 2.45) is 10.9 Å². The molecule has 1 aliphatic rings. The molecule has 0 saturated heterocycles. The van der Waals surface area contributed by atoms with E-state index in [2.05, 4.69) is 41.6 Å². The summed E-state index contributed by atoms with van der Waals surface area (Å²) in [7, 11) is 0. The summed E-state index contributed by atoms with van der Waals surface area (Å²) >= 11 is 0. The summed E-state index contributed by atoms with van der Waals surface area (Å²) in [5, 5.41) is 7.92. The summed E-state index contributed by atoms with van der Waals surface area (Å²) in [4.78, 5) is 4.63. The van der Waals surface area contributed by atoms with Gasteiger partial charge in [0, 0.05) is 30.9 Å². The molecule has 2 atom stereocenters. The molecule has 0 amide bonds. The average molecular weight is 413 g/mol. The minimum atomic E-state index is 0. The van der Waals surface area contributed by atoms with Crippen LogP contribution in [0, 0.1) is 5.92 Å². The minimum Gasteiger partial charge on any atom is -0.461 e. The van der Waals surface area contributed by atoms with Crippen LogP contribution in [0.1, 0.15) is 26.0 Å². The van der Waals surface area contributed by atoms with Crippen LogP contribution in [0.5, 0.6) is 0 Å². The average Bonchev–Trinajstić information content (AvgIpc) is 3.01. The number of hydrogen-bond acceptors (Lipinski definition) is 2. The smallest absolute Gasteiger partial charge is 0.191 e. The van der Waals surface area contributed by atoms with Gasteiger partial charge in [-0.1, -0.05) is 25.1 Å². The van der Waals surface area contributed by atoms with E-state index in [1.807, 2.05) is 18.2 Å². The van der Waals surface area contributed by atoms with Crippen molar-refractivity contribution in [3.05, 3.63) is 36.1 Å². The Hall–Kier alpha value is -1.24. The molecule has 0 bridgehead atoms. The van der Waals surface area contributed by atoms with Crippen molar-refractivity contribution in [1.29, 1.82) is 0 Å². The quantitative estimate of drug-likeness (QED) is 0.448. The Balaban J connectivity index is 0.00000176. The third kappa shape index (κ3) is 4.38. The summed E-state index contributed by atoms with van der Waals surface area (Å²) in [6.07, 6.45) is 2.07. The second kappa shape index (κ2) is 7.85. The second-order valence-electron chi connectivity index (χ2n) is 5.73. The number of benzene rings is 1. The van der Waals surface area contributed by atoms with Gasteiger partial charge >= 0.3 is 0 Å². The Morgan fingerprint density at radius 3 is 2.82 bits per heavy atom. The maximum absolute atomic E-state index is 5.81. The van der Waals surface area contributed by atoms with Gasteiger partial charge in [0.25, 0.3) is 0 Å². The number of rotatable bonds is 5. The molecule has 1 aromatic heterocycles. The largest absolute Gasteiger partial charge is 0.461 e. The zero-order valence-electron chi connectivity index (χ0n) is 13.1. The fraction of sp³-hybridized carbons (Fsp3) is 0.471. The number of aliphatic imine (C=N–C) groups is 1. The normalized spacial score (nSPS) is 20.5. The molecule has 1 aromatic carbocycles. The van der Waals surface area contributed by atoms with Crippen LogP contribution in [0.25, 0.3) is 11.0 Å². The Labute approximate surface area is 148 Å². The van der Waals surface area contributed by atoms with E-state index in [1.165, 1.54) is 6.42 Å². The zero-order chi connectivity index (χ0) is 14.7. The number of guanidine groups is 1. The van der Waals surface area contributed by atoms with E-state index in [1.54, 1.807) is 0 Å². The first kappa shape index (κ1) is 17.1. The molecule has 0 aliphatic heterocycles. The van der Waals surface area contributed by atoms with Gasteiger partial charge in [-0.15, -0.1) is 24.0 Å². The molecule has 1 fully saturated rings. The first-order chi connectivity index (χ1) is 10.3. The summed E-state index contributed by atoms with van der Waals surface area (Å²) in [6.45, 7) is 5.97. The van der Waals surface area contributed by atoms with Gasteiger partial charge in [-0.25, -0.2) is 0 Å². The number of furan rings is 1. The number of hydrogen-bond donors (Lipinski definition) is 2. The third-order valence-corrected chi connectivity index (χ3v) is 3.88. The van der Waals surface area contributed by atoms with E-state index in [4.69, 9.17) is 4.42 Å². The van der Waals surface area contributed by atoms with Gasteiger partial charge in [-0.2, -0.15) is 0 Å². The molecule has 2 aromatic rings. The molecule has 1 saturated carbocycles. The highest BCUT2D eigenvalue weighted by molar-refractivity contribution is 14.0. The van der Waals surface area contributed by atoms with E-state index in [-0.39, 0.29) is 24.0 Å². The van der Waals surface area contributed by atoms with Gasteiger partial charge in [-0.3, -0.25) is 4.99 Å². The Kier molecular flexibility index (Phi) is 6.11. The number of halogens is 1. The molecule has 22 heavy (non-hydrogen) atoms. The molecule has 0 radical (unpaired) electrons. The lowest BCUT2D eigenvalue weighted by Crippen LogP contribution is -2.39. The maximum Gasteiger partial charge on any atom is 0.191 e. The number of fused-ring (bicyclic) bond motifs is 1. The van der Waals surface area contributed by atoms with Gasteiger partial charge in [0.05, 0.1) is 0 Å². The Bertz CT molecular complexity index is 605. The van der Waals surface area contributed by atoms with Gasteiger partial charge in [-0.05, 0) is 31.4 Å². The van der Waals surface area contributed by atoms with E-state index < -0.39 is 0 Å². The van der Waals surface area contributed by atoms with Crippen LogP contribution in [0.3, 0.4) is 0 Å². The molecule has 5 heteroatoms. The van der Waals surface area contributed by atoms with Crippen LogP contribution < -0.4 is 10.6 Å². The number of nitrogens with one attached hydrogen (secondary N) is 2. The predicted octanol–water partition coefficient (Wildman–Crippen LogP) is 3.56. The monoisotopic (exact) mass is 413 g/mol. The highest BCUT2D eigenvalue weighted by Gasteiger charge is 2.33. The van der Waals surface area contributed by atoms with E-state index in [0.717, 1.165) is 48.1 Å². The van der Waals surface area contributed by atoms with Gasteiger partial charge < -0.3 is 15.1 Å². The number of para-hydroxylation sites is 1. The maximum atomic E-state index is 5.81. The SMILES string of the molecule is CCNC(=NCCc1cc2ccccc2o1)NC1CC1C.I. The lowest BCUT2D eigenvalue weighted by molar-refractivity contribution is 0.550. The zero-order valence-corrected chi connectivity index (χ0v) is 15.5. The molecule has 1 aliphatic carbocycles. The fourth-order valence-corrected chi connectivity index (χ4v) is 2.46. The summed E-state index contributed by atoms with van der Waals surface area (Å²) in [5.41, 5.74) is 0.952. The minimum absolute atomic E-state index is 0. The van der Waals surface area contributed by atoms with Gasteiger partial charge in [0.2, 0.25) is 0 Å². The van der Waals surface area contributed by atoms with Crippen LogP contribution in [-0.4, -0.2) is 25.1 Å². The van der Waals surface area contributed by atoms with Crippen molar-refractivity contribution in [3.8, 4) is 0 Å². The fourth-order valence-electron chi connectivity index (χ4n) is 2.46.